The second kappa shape index (κ2) is 7.38. The van der Waals surface area contributed by atoms with Crippen molar-refractivity contribution in [2.24, 2.45) is 0 Å². The quantitative estimate of drug-likeness (QED) is 0.379. The second-order valence-electron chi connectivity index (χ2n) is 6.79. The summed E-state index contributed by atoms with van der Waals surface area (Å²) in [5.41, 5.74) is 3.68. The molecule has 7 nitrogen and oxygen atoms in total. The summed E-state index contributed by atoms with van der Waals surface area (Å²) in [6, 6.07) is 13.8. The van der Waals surface area contributed by atoms with Gasteiger partial charge in [-0.15, -0.1) is 5.10 Å². The molecular formula is C22H19N3O4S. The van der Waals surface area contributed by atoms with Gasteiger partial charge in [0.15, 0.2) is 5.76 Å². The Bertz CT molecular complexity index is 1320. The molecule has 0 N–H and O–H groups in total. The molecule has 3 heterocycles. The molecule has 5 rings (SSSR count). The molecule has 0 fully saturated rings. The lowest BCUT2D eigenvalue weighted by molar-refractivity contribution is 0.306. The fourth-order valence-corrected chi connectivity index (χ4v) is 3.96. The van der Waals surface area contributed by atoms with Crippen LogP contribution in [0.15, 0.2) is 53.1 Å². The van der Waals surface area contributed by atoms with Crippen LogP contribution in [0.2, 0.25) is 0 Å². The fourth-order valence-electron chi connectivity index (χ4n) is 3.26. The Kier molecular flexibility index (Phi) is 4.55. The fraction of sp³-hybridized carbons (Fsp3) is 0.182. The topological polar surface area (TPSA) is 71.0 Å². The van der Waals surface area contributed by atoms with E-state index in [0.717, 1.165) is 15.9 Å². The van der Waals surface area contributed by atoms with Crippen LogP contribution in [0.1, 0.15) is 11.1 Å². The van der Waals surface area contributed by atoms with E-state index in [1.165, 1.54) is 16.9 Å². The number of aromatic nitrogens is 3. The summed E-state index contributed by atoms with van der Waals surface area (Å²) in [5.74, 6) is 2.00. The van der Waals surface area contributed by atoms with Crippen molar-refractivity contribution in [3.8, 4) is 28.1 Å². The van der Waals surface area contributed by atoms with Gasteiger partial charge in [-0.25, -0.2) is 9.50 Å². The summed E-state index contributed by atoms with van der Waals surface area (Å²) >= 11 is 1.37. The first-order valence-electron chi connectivity index (χ1n) is 9.34. The number of methoxy groups -OCH3 is 2. The molecule has 152 valence electrons. The van der Waals surface area contributed by atoms with E-state index in [2.05, 4.69) is 29.1 Å². The minimum absolute atomic E-state index is 0.458. The third-order valence-corrected chi connectivity index (χ3v) is 5.79. The molecule has 0 amide bonds. The zero-order valence-electron chi connectivity index (χ0n) is 16.7. The maximum Gasteiger partial charge on any atom is 0.294 e. The van der Waals surface area contributed by atoms with Gasteiger partial charge in [-0.05, 0) is 35.5 Å². The van der Waals surface area contributed by atoms with E-state index < -0.39 is 0 Å². The minimum atomic E-state index is 0.458. The molecule has 2 aromatic carbocycles. The minimum Gasteiger partial charge on any atom is -0.496 e. The average molecular weight is 421 g/mol. The number of aryl methyl sites for hydroxylation is 1. The van der Waals surface area contributed by atoms with Crippen LogP contribution in [0.5, 0.6) is 16.7 Å². The highest BCUT2D eigenvalue weighted by Crippen LogP contribution is 2.37. The highest BCUT2D eigenvalue weighted by Gasteiger charge is 2.17. The van der Waals surface area contributed by atoms with Crippen molar-refractivity contribution in [2.75, 3.05) is 14.2 Å². The first-order chi connectivity index (χ1) is 14.6. The Balaban J connectivity index is 1.52. The van der Waals surface area contributed by atoms with E-state index in [1.54, 1.807) is 18.7 Å². The lowest BCUT2D eigenvalue weighted by Gasteiger charge is -2.10. The number of nitrogens with zero attached hydrogens (tertiary/aromatic N) is 3. The molecule has 0 atom stereocenters. The van der Waals surface area contributed by atoms with Crippen LogP contribution in [0, 0.1) is 6.92 Å². The number of hydrogen-bond donors (Lipinski definition) is 0. The SMILES string of the molecule is COc1cc(OCc2ccccc2C)c2cc(-c3cn4nc(OC)sc4n3)oc2c1. The van der Waals surface area contributed by atoms with Crippen molar-refractivity contribution in [1.29, 1.82) is 0 Å². The Hall–Kier alpha value is -3.52. The van der Waals surface area contributed by atoms with Crippen molar-refractivity contribution in [2.45, 2.75) is 13.5 Å². The van der Waals surface area contributed by atoms with Gasteiger partial charge in [0.25, 0.3) is 5.19 Å². The zero-order chi connectivity index (χ0) is 20.7. The molecule has 0 bridgehead atoms. The highest BCUT2D eigenvalue weighted by molar-refractivity contribution is 7.18. The molecule has 5 aromatic rings. The number of ether oxygens (including phenoxy) is 3. The largest absolute Gasteiger partial charge is 0.496 e. The zero-order valence-corrected chi connectivity index (χ0v) is 17.5. The lowest BCUT2D eigenvalue weighted by atomic mass is 10.1. The standard InChI is InChI=1S/C22H19N3O4S/c1-13-6-4-5-7-14(13)12-28-18-8-15(26-2)9-19-16(18)10-20(29-19)17-11-25-21(23-17)30-22(24-25)27-3/h4-11H,12H2,1-3H3. The molecule has 0 unspecified atom stereocenters. The van der Waals surface area contributed by atoms with Gasteiger partial charge in [0.1, 0.15) is 29.4 Å². The molecule has 30 heavy (non-hydrogen) atoms. The van der Waals surface area contributed by atoms with Crippen molar-refractivity contribution in [3.05, 3.63) is 59.8 Å². The van der Waals surface area contributed by atoms with Crippen molar-refractivity contribution in [3.63, 3.8) is 0 Å². The van der Waals surface area contributed by atoms with Crippen LogP contribution in [0.4, 0.5) is 0 Å². The lowest BCUT2D eigenvalue weighted by Crippen LogP contribution is -1.98. The number of furan rings is 1. The Morgan fingerprint density at radius 2 is 1.97 bits per heavy atom. The second-order valence-corrected chi connectivity index (χ2v) is 7.71. The molecule has 0 aliphatic rings. The van der Waals surface area contributed by atoms with Gasteiger partial charge in [-0.2, -0.15) is 0 Å². The summed E-state index contributed by atoms with van der Waals surface area (Å²) < 4.78 is 24.5. The van der Waals surface area contributed by atoms with Crippen molar-refractivity contribution < 1.29 is 18.6 Å². The monoisotopic (exact) mass is 421 g/mol. The van der Waals surface area contributed by atoms with Crippen LogP contribution >= 0.6 is 11.3 Å². The van der Waals surface area contributed by atoms with Gasteiger partial charge < -0.3 is 18.6 Å². The summed E-state index contributed by atoms with van der Waals surface area (Å²) in [6.07, 6.45) is 1.82. The number of fused-ring (bicyclic) bond motifs is 2. The maximum absolute atomic E-state index is 6.16. The highest BCUT2D eigenvalue weighted by atomic mass is 32.1. The van der Waals surface area contributed by atoms with E-state index in [0.29, 0.717) is 40.3 Å². The smallest absolute Gasteiger partial charge is 0.294 e. The molecule has 0 spiro atoms. The average Bonchev–Trinajstić information content (AvgIpc) is 3.45. The van der Waals surface area contributed by atoms with Crippen LogP contribution in [-0.2, 0) is 6.61 Å². The normalized spacial score (nSPS) is 11.3. The van der Waals surface area contributed by atoms with Gasteiger partial charge in [-0.3, -0.25) is 0 Å². The summed E-state index contributed by atoms with van der Waals surface area (Å²) in [7, 11) is 3.21. The van der Waals surface area contributed by atoms with E-state index in [1.807, 2.05) is 36.5 Å². The number of imidazole rings is 1. The predicted octanol–water partition coefficient (Wildman–Crippen LogP) is 5.11. The van der Waals surface area contributed by atoms with Gasteiger partial charge in [0.05, 0.1) is 25.8 Å². The Labute approximate surface area is 176 Å². The molecule has 0 aliphatic heterocycles. The van der Waals surface area contributed by atoms with Gasteiger partial charge in [0.2, 0.25) is 4.96 Å². The number of benzene rings is 2. The Morgan fingerprint density at radius 3 is 2.73 bits per heavy atom. The van der Waals surface area contributed by atoms with Crippen LogP contribution < -0.4 is 14.2 Å². The maximum atomic E-state index is 6.16. The first-order valence-corrected chi connectivity index (χ1v) is 10.2. The van der Waals surface area contributed by atoms with Crippen LogP contribution in [0.3, 0.4) is 0 Å². The van der Waals surface area contributed by atoms with Crippen molar-refractivity contribution >= 4 is 27.3 Å². The molecular weight excluding hydrogens is 402 g/mol. The van der Waals surface area contributed by atoms with Gasteiger partial charge in [-0.1, -0.05) is 24.3 Å². The predicted molar refractivity (Wildman–Crippen MR) is 115 cm³/mol. The van der Waals surface area contributed by atoms with Gasteiger partial charge >= 0.3 is 0 Å². The van der Waals surface area contributed by atoms with Crippen LogP contribution in [-0.4, -0.2) is 28.8 Å². The molecule has 0 saturated heterocycles. The summed E-state index contributed by atoms with van der Waals surface area (Å²) in [6.45, 7) is 2.53. The molecule has 8 heteroatoms. The molecule has 0 radical (unpaired) electrons. The van der Waals surface area contributed by atoms with Crippen molar-refractivity contribution in [1.82, 2.24) is 14.6 Å². The Morgan fingerprint density at radius 1 is 1.10 bits per heavy atom. The van der Waals surface area contributed by atoms with E-state index in [9.17, 15) is 0 Å². The molecule has 0 aliphatic carbocycles. The third kappa shape index (κ3) is 3.25. The number of hydrogen-bond acceptors (Lipinski definition) is 7. The molecule has 3 aromatic heterocycles. The number of rotatable bonds is 6. The van der Waals surface area contributed by atoms with E-state index >= 15 is 0 Å². The molecule has 0 saturated carbocycles. The summed E-state index contributed by atoms with van der Waals surface area (Å²) in [5, 5.41) is 5.73. The van der Waals surface area contributed by atoms with E-state index in [-0.39, 0.29) is 0 Å². The van der Waals surface area contributed by atoms with Gasteiger partial charge in [0, 0.05) is 12.1 Å². The third-order valence-electron chi connectivity index (χ3n) is 4.90. The summed E-state index contributed by atoms with van der Waals surface area (Å²) in [4.78, 5) is 5.33. The van der Waals surface area contributed by atoms with Crippen LogP contribution in [0.25, 0.3) is 27.4 Å². The van der Waals surface area contributed by atoms with E-state index in [4.69, 9.17) is 18.6 Å². The first kappa shape index (κ1) is 18.5.